The minimum atomic E-state index is -3.89. The Morgan fingerprint density at radius 1 is 1.07 bits per heavy atom. The van der Waals surface area contributed by atoms with Gasteiger partial charge in [0.15, 0.2) is 0 Å². The van der Waals surface area contributed by atoms with E-state index >= 15 is 0 Å². The van der Waals surface area contributed by atoms with Crippen molar-refractivity contribution in [1.82, 2.24) is 9.62 Å². The second-order valence-electron chi connectivity index (χ2n) is 7.79. The van der Waals surface area contributed by atoms with Crippen molar-refractivity contribution < 1.29 is 22.7 Å². The summed E-state index contributed by atoms with van der Waals surface area (Å²) in [4.78, 5) is 27.3. The molecule has 0 aliphatic carbocycles. The molecular formula is C22H26N2O5S. The van der Waals surface area contributed by atoms with Crippen LogP contribution in [0.5, 0.6) is 0 Å². The highest BCUT2D eigenvalue weighted by molar-refractivity contribution is 7.89. The normalized spacial score (nSPS) is 17.0. The Bertz CT molecular complexity index is 991. The molecule has 0 unspecified atom stereocenters. The van der Waals surface area contributed by atoms with Crippen LogP contribution in [0.2, 0.25) is 0 Å². The van der Waals surface area contributed by atoms with E-state index in [2.05, 4.69) is 4.72 Å². The third-order valence-electron chi connectivity index (χ3n) is 4.99. The van der Waals surface area contributed by atoms with Gasteiger partial charge < -0.3 is 9.64 Å². The van der Waals surface area contributed by atoms with Crippen molar-refractivity contribution in [3.8, 4) is 0 Å². The van der Waals surface area contributed by atoms with Crippen molar-refractivity contribution >= 4 is 21.9 Å². The maximum Gasteiger partial charge on any atom is 0.329 e. The van der Waals surface area contributed by atoms with Crippen molar-refractivity contribution in [2.75, 3.05) is 6.54 Å². The lowest BCUT2D eigenvalue weighted by Crippen LogP contribution is -2.57. The van der Waals surface area contributed by atoms with Crippen LogP contribution >= 0.6 is 0 Å². The molecule has 0 aromatic heterocycles. The number of hydrogen-bond acceptors (Lipinski definition) is 5. The zero-order valence-corrected chi connectivity index (χ0v) is 17.9. The minimum Gasteiger partial charge on any atom is -0.459 e. The van der Waals surface area contributed by atoms with E-state index < -0.39 is 33.5 Å². The summed E-state index contributed by atoms with van der Waals surface area (Å²) in [5, 5.41) is 0. The second kappa shape index (κ2) is 8.97. The Morgan fingerprint density at radius 3 is 2.30 bits per heavy atom. The largest absolute Gasteiger partial charge is 0.459 e. The molecule has 2 aromatic rings. The van der Waals surface area contributed by atoms with Crippen molar-refractivity contribution in [1.29, 1.82) is 0 Å². The number of rotatable bonds is 7. The minimum absolute atomic E-state index is 0.0751. The fourth-order valence-electron chi connectivity index (χ4n) is 3.48. The number of amides is 1. The summed E-state index contributed by atoms with van der Waals surface area (Å²) < 4.78 is 33.2. The fraction of sp³-hybridized carbons (Fsp3) is 0.364. The molecule has 160 valence electrons. The van der Waals surface area contributed by atoms with Crippen LogP contribution in [-0.4, -0.2) is 43.3 Å². The molecule has 0 saturated carbocycles. The number of sulfonamides is 1. The molecule has 0 spiro atoms. The summed E-state index contributed by atoms with van der Waals surface area (Å²) in [6, 6.07) is 16.4. The van der Waals surface area contributed by atoms with E-state index in [0.717, 1.165) is 5.56 Å². The number of ether oxygens (including phenoxy) is 1. The summed E-state index contributed by atoms with van der Waals surface area (Å²) in [5.41, 5.74) is -0.561. The Kier molecular flexibility index (Phi) is 6.58. The molecule has 0 bridgehead atoms. The summed E-state index contributed by atoms with van der Waals surface area (Å²) in [6.07, 6.45) is 1.14. The molecule has 1 fully saturated rings. The van der Waals surface area contributed by atoms with E-state index in [9.17, 15) is 18.0 Å². The number of nitrogens with zero attached hydrogens (tertiary/aromatic N) is 1. The van der Waals surface area contributed by atoms with Crippen LogP contribution in [0, 0.1) is 0 Å². The van der Waals surface area contributed by atoms with Gasteiger partial charge in [0.1, 0.15) is 18.2 Å². The quantitative estimate of drug-likeness (QED) is 0.682. The highest BCUT2D eigenvalue weighted by Crippen LogP contribution is 2.24. The molecule has 1 heterocycles. The number of likely N-dealkylation sites (tertiary alicyclic amines) is 1. The highest BCUT2D eigenvalue weighted by Gasteiger charge is 2.43. The zero-order valence-electron chi connectivity index (χ0n) is 17.1. The molecular weight excluding hydrogens is 404 g/mol. The molecule has 1 atom stereocenters. The first-order valence-electron chi connectivity index (χ1n) is 9.81. The summed E-state index contributed by atoms with van der Waals surface area (Å²) in [7, 11) is -3.89. The first-order chi connectivity index (χ1) is 14.2. The van der Waals surface area contributed by atoms with Crippen LogP contribution in [0.4, 0.5) is 0 Å². The smallest absolute Gasteiger partial charge is 0.329 e. The lowest BCUT2D eigenvalue weighted by molar-refractivity contribution is -0.155. The van der Waals surface area contributed by atoms with E-state index in [-0.39, 0.29) is 11.5 Å². The van der Waals surface area contributed by atoms with Crippen molar-refractivity contribution in [3.63, 3.8) is 0 Å². The van der Waals surface area contributed by atoms with Gasteiger partial charge in [-0.2, -0.15) is 4.72 Å². The molecule has 1 amide bonds. The van der Waals surface area contributed by atoms with Crippen molar-refractivity contribution in [2.45, 2.75) is 49.8 Å². The third kappa shape index (κ3) is 5.06. The molecule has 2 aromatic carbocycles. The van der Waals surface area contributed by atoms with Crippen LogP contribution in [0.15, 0.2) is 65.6 Å². The van der Waals surface area contributed by atoms with Gasteiger partial charge in [-0.3, -0.25) is 4.79 Å². The molecule has 30 heavy (non-hydrogen) atoms. The molecule has 0 radical (unpaired) electrons. The standard InChI is InChI=1S/C22H26N2O5S/c1-22(2,23-30(27,28)18-12-7-4-8-13-18)21(26)24-15-9-14-19(24)20(25)29-16-17-10-5-3-6-11-17/h3-8,10-13,19,23H,9,14-16H2,1-2H3/t19-/m0/s1. The van der Waals surface area contributed by atoms with Gasteiger partial charge in [-0.05, 0) is 44.4 Å². The van der Waals surface area contributed by atoms with Crippen LogP contribution in [0.25, 0.3) is 0 Å². The molecule has 1 saturated heterocycles. The fourth-order valence-corrected chi connectivity index (χ4v) is 4.87. The number of hydrogen-bond donors (Lipinski definition) is 1. The van der Waals surface area contributed by atoms with E-state index in [4.69, 9.17) is 4.74 Å². The number of nitrogens with one attached hydrogen (secondary N) is 1. The molecule has 1 N–H and O–H groups in total. The maximum absolute atomic E-state index is 13.2. The van der Waals surface area contributed by atoms with Crippen molar-refractivity contribution in [2.24, 2.45) is 0 Å². The van der Waals surface area contributed by atoms with E-state index in [0.29, 0.717) is 19.4 Å². The van der Waals surface area contributed by atoms with Gasteiger partial charge in [-0.1, -0.05) is 48.5 Å². The van der Waals surface area contributed by atoms with Crippen LogP contribution in [0.3, 0.4) is 0 Å². The monoisotopic (exact) mass is 430 g/mol. The Balaban J connectivity index is 1.68. The van der Waals surface area contributed by atoms with Crippen LogP contribution < -0.4 is 4.72 Å². The number of carbonyl (C=O) groups excluding carboxylic acids is 2. The average molecular weight is 431 g/mol. The second-order valence-corrected chi connectivity index (χ2v) is 9.48. The van der Waals surface area contributed by atoms with E-state index in [1.54, 1.807) is 18.2 Å². The van der Waals surface area contributed by atoms with E-state index in [1.165, 1.54) is 30.9 Å². The Hall–Kier alpha value is -2.71. The molecule has 1 aliphatic heterocycles. The zero-order chi connectivity index (χ0) is 21.8. The van der Waals surface area contributed by atoms with Gasteiger partial charge in [-0.25, -0.2) is 13.2 Å². The number of carbonyl (C=O) groups is 2. The summed E-state index contributed by atoms with van der Waals surface area (Å²) in [5.74, 6) is -0.937. The first kappa shape index (κ1) is 22.0. The summed E-state index contributed by atoms with van der Waals surface area (Å²) in [6.45, 7) is 3.50. The maximum atomic E-state index is 13.2. The van der Waals surface area contributed by atoms with Gasteiger partial charge in [0.05, 0.1) is 4.90 Å². The lowest BCUT2D eigenvalue weighted by Gasteiger charge is -2.32. The summed E-state index contributed by atoms with van der Waals surface area (Å²) >= 11 is 0. The van der Waals surface area contributed by atoms with Crippen LogP contribution in [0.1, 0.15) is 32.3 Å². The van der Waals surface area contributed by atoms with Gasteiger partial charge in [-0.15, -0.1) is 0 Å². The molecule has 8 heteroatoms. The van der Waals surface area contributed by atoms with Gasteiger partial charge in [0.25, 0.3) is 0 Å². The Labute approximate surface area is 177 Å². The highest BCUT2D eigenvalue weighted by atomic mass is 32.2. The van der Waals surface area contributed by atoms with Gasteiger partial charge in [0, 0.05) is 6.54 Å². The molecule has 7 nitrogen and oxygen atoms in total. The van der Waals surface area contributed by atoms with Crippen molar-refractivity contribution in [3.05, 3.63) is 66.2 Å². The Morgan fingerprint density at radius 2 is 1.67 bits per heavy atom. The lowest BCUT2D eigenvalue weighted by atomic mass is 10.0. The van der Waals surface area contributed by atoms with Gasteiger partial charge in [0.2, 0.25) is 15.9 Å². The number of benzene rings is 2. The molecule has 3 rings (SSSR count). The van der Waals surface area contributed by atoms with Crippen LogP contribution in [-0.2, 0) is 31.0 Å². The average Bonchev–Trinajstić information content (AvgIpc) is 3.22. The predicted octanol–water partition coefficient (Wildman–Crippen LogP) is 2.48. The van der Waals surface area contributed by atoms with Gasteiger partial charge >= 0.3 is 5.97 Å². The topological polar surface area (TPSA) is 92.8 Å². The SMILES string of the molecule is CC(C)(NS(=O)(=O)c1ccccc1)C(=O)N1CCC[C@H]1C(=O)OCc1ccccc1. The third-order valence-corrected chi connectivity index (χ3v) is 6.66. The number of esters is 1. The predicted molar refractivity (Wildman–Crippen MR) is 112 cm³/mol. The molecule has 1 aliphatic rings. The van der Waals surface area contributed by atoms with E-state index in [1.807, 2.05) is 30.3 Å². The first-order valence-corrected chi connectivity index (χ1v) is 11.3.